The topological polar surface area (TPSA) is 26.3 Å². The molecule has 96 valence electrons. The predicted octanol–water partition coefficient (Wildman–Crippen LogP) is 3.71. The van der Waals surface area contributed by atoms with E-state index < -0.39 is 0 Å². The molecule has 0 aromatic heterocycles. The number of carbonyl (C=O) groups is 1. The van der Waals surface area contributed by atoms with Crippen LogP contribution in [0.2, 0.25) is 0 Å². The molecule has 0 saturated heterocycles. The molecule has 0 aromatic carbocycles. The van der Waals surface area contributed by atoms with Crippen molar-refractivity contribution in [3.63, 3.8) is 0 Å². The Morgan fingerprint density at radius 3 is 2.35 bits per heavy atom. The number of ether oxygens (including phenoxy) is 1. The van der Waals surface area contributed by atoms with Gasteiger partial charge in [-0.2, -0.15) is 0 Å². The Balaban J connectivity index is 1.89. The molecular weight excluding hydrogens is 212 g/mol. The van der Waals surface area contributed by atoms with Crippen molar-refractivity contribution in [1.82, 2.24) is 0 Å². The van der Waals surface area contributed by atoms with Gasteiger partial charge in [0.1, 0.15) is 6.10 Å². The molecule has 2 aliphatic rings. The molecule has 0 aliphatic heterocycles. The second-order valence-corrected chi connectivity index (χ2v) is 6.02. The fourth-order valence-electron chi connectivity index (χ4n) is 3.53. The largest absolute Gasteiger partial charge is 0.459 e. The molecule has 2 saturated carbocycles. The molecule has 3 unspecified atom stereocenters. The first-order chi connectivity index (χ1) is 8.06. The van der Waals surface area contributed by atoms with Crippen LogP contribution >= 0.6 is 0 Å². The lowest BCUT2D eigenvalue weighted by atomic mass is 9.67. The number of carbonyl (C=O) groups excluding carboxylic acids is 1. The van der Waals surface area contributed by atoms with Crippen LogP contribution in [0.15, 0.2) is 12.2 Å². The first-order valence-corrected chi connectivity index (χ1v) is 6.92. The molecule has 0 spiro atoms. The number of fused-ring (bicyclic) bond motifs is 2. The Morgan fingerprint density at radius 2 is 1.82 bits per heavy atom. The molecule has 2 rings (SSSR count). The fraction of sp³-hybridized carbons (Fsp3) is 0.800. The number of esters is 1. The zero-order valence-corrected chi connectivity index (χ0v) is 11.1. The van der Waals surface area contributed by atoms with E-state index in [1.807, 2.05) is 6.92 Å². The second-order valence-electron chi connectivity index (χ2n) is 6.02. The highest BCUT2D eigenvalue weighted by Gasteiger charge is 2.35. The Labute approximate surface area is 104 Å². The van der Waals surface area contributed by atoms with Crippen molar-refractivity contribution in [3.05, 3.63) is 12.2 Å². The maximum absolute atomic E-state index is 11.5. The van der Waals surface area contributed by atoms with Gasteiger partial charge < -0.3 is 4.74 Å². The smallest absolute Gasteiger partial charge is 0.333 e. The van der Waals surface area contributed by atoms with Crippen molar-refractivity contribution in [2.24, 2.45) is 17.8 Å². The molecule has 0 aromatic rings. The molecule has 0 radical (unpaired) electrons. The standard InChI is InChI=1S/C15H24O2/c1-10(2)15(16)17-11(3)14-8-12-5-4-6-13(7-12)9-14/h11-14H,1,4-9H2,2-3H3. The minimum absolute atomic E-state index is 0.0580. The van der Waals surface area contributed by atoms with Crippen LogP contribution in [0.4, 0.5) is 0 Å². The summed E-state index contributed by atoms with van der Waals surface area (Å²) in [5, 5.41) is 0. The van der Waals surface area contributed by atoms with Gasteiger partial charge >= 0.3 is 5.97 Å². The normalized spacial score (nSPS) is 33.9. The van der Waals surface area contributed by atoms with Gasteiger partial charge in [-0.3, -0.25) is 0 Å². The Bertz CT molecular complexity index is 296. The molecule has 3 atom stereocenters. The van der Waals surface area contributed by atoms with Crippen molar-refractivity contribution < 1.29 is 9.53 Å². The summed E-state index contributed by atoms with van der Waals surface area (Å²) in [4.78, 5) is 11.5. The molecule has 2 heteroatoms. The molecule has 0 amide bonds. The number of hydrogen-bond acceptors (Lipinski definition) is 2. The number of hydrogen-bond donors (Lipinski definition) is 0. The maximum atomic E-state index is 11.5. The van der Waals surface area contributed by atoms with Gasteiger partial charge in [-0.15, -0.1) is 0 Å². The van der Waals surface area contributed by atoms with Gasteiger partial charge in [-0.05, 0) is 50.9 Å². The average Bonchev–Trinajstić information content (AvgIpc) is 2.28. The van der Waals surface area contributed by atoms with Crippen LogP contribution in [-0.2, 0) is 9.53 Å². The highest BCUT2D eigenvalue weighted by molar-refractivity contribution is 5.87. The first kappa shape index (κ1) is 12.7. The lowest BCUT2D eigenvalue weighted by Crippen LogP contribution is -2.34. The summed E-state index contributed by atoms with van der Waals surface area (Å²) in [5.74, 6) is 2.12. The monoisotopic (exact) mass is 236 g/mol. The summed E-state index contributed by atoms with van der Waals surface area (Å²) in [5.41, 5.74) is 0.507. The minimum atomic E-state index is -0.228. The summed E-state index contributed by atoms with van der Waals surface area (Å²) in [6.07, 6.45) is 8.15. The highest BCUT2D eigenvalue weighted by Crippen LogP contribution is 2.43. The van der Waals surface area contributed by atoms with Gasteiger partial charge in [0, 0.05) is 5.57 Å². The van der Waals surface area contributed by atoms with Crippen LogP contribution in [-0.4, -0.2) is 12.1 Å². The zero-order chi connectivity index (χ0) is 12.4. The van der Waals surface area contributed by atoms with E-state index in [9.17, 15) is 4.79 Å². The maximum Gasteiger partial charge on any atom is 0.333 e. The van der Waals surface area contributed by atoms with Crippen molar-refractivity contribution in [2.75, 3.05) is 0 Å². The summed E-state index contributed by atoms with van der Waals surface area (Å²) in [7, 11) is 0. The van der Waals surface area contributed by atoms with Crippen LogP contribution in [0.3, 0.4) is 0 Å². The first-order valence-electron chi connectivity index (χ1n) is 6.92. The van der Waals surface area contributed by atoms with E-state index >= 15 is 0 Å². The Hall–Kier alpha value is -0.790. The van der Waals surface area contributed by atoms with E-state index in [1.54, 1.807) is 6.92 Å². The lowest BCUT2D eigenvalue weighted by molar-refractivity contribution is -0.147. The zero-order valence-electron chi connectivity index (χ0n) is 11.1. The molecule has 2 aliphatic carbocycles. The van der Waals surface area contributed by atoms with E-state index in [1.165, 1.54) is 38.5 Å². The van der Waals surface area contributed by atoms with Gasteiger partial charge in [0.25, 0.3) is 0 Å². The summed E-state index contributed by atoms with van der Waals surface area (Å²) >= 11 is 0. The molecule has 2 bridgehead atoms. The molecular formula is C15H24O2. The predicted molar refractivity (Wildman–Crippen MR) is 68.5 cm³/mol. The van der Waals surface area contributed by atoms with Gasteiger partial charge in [0.15, 0.2) is 0 Å². The molecule has 17 heavy (non-hydrogen) atoms. The quantitative estimate of drug-likeness (QED) is 0.551. The lowest BCUT2D eigenvalue weighted by Gasteiger charge is -2.40. The number of rotatable bonds is 3. The van der Waals surface area contributed by atoms with E-state index in [0.717, 1.165) is 11.8 Å². The fourth-order valence-corrected chi connectivity index (χ4v) is 3.53. The van der Waals surface area contributed by atoms with Crippen LogP contribution in [0.1, 0.15) is 52.4 Å². The van der Waals surface area contributed by atoms with Gasteiger partial charge in [-0.25, -0.2) is 4.79 Å². The van der Waals surface area contributed by atoms with E-state index in [0.29, 0.717) is 11.5 Å². The molecule has 0 heterocycles. The van der Waals surface area contributed by atoms with E-state index in [-0.39, 0.29) is 12.1 Å². The van der Waals surface area contributed by atoms with Crippen molar-refractivity contribution >= 4 is 5.97 Å². The van der Waals surface area contributed by atoms with Gasteiger partial charge in [-0.1, -0.05) is 25.8 Å². The van der Waals surface area contributed by atoms with Crippen LogP contribution < -0.4 is 0 Å². The second kappa shape index (κ2) is 5.24. The minimum Gasteiger partial charge on any atom is -0.459 e. The summed E-state index contributed by atoms with van der Waals surface area (Å²) in [6.45, 7) is 7.40. The third kappa shape index (κ3) is 3.11. The van der Waals surface area contributed by atoms with Crippen LogP contribution in [0.5, 0.6) is 0 Å². The van der Waals surface area contributed by atoms with Gasteiger partial charge in [0.05, 0.1) is 0 Å². The average molecular weight is 236 g/mol. The van der Waals surface area contributed by atoms with Crippen molar-refractivity contribution in [2.45, 2.75) is 58.5 Å². The van der Waals surface area contributed by atoms with E-state index in [2.05, 4.69) is 6.58 Å². The third-order valence-electron chi connectivity index (χ3n) is 4.47. The van der Waals surface area contributed by atoms with Crippen molar-refractivity contribution in [1.29, 1.82) is 0 Å². The summed E-state index contributed by atoms with van der Waals surface area (Å²) in [6, 6.07) is 0. The molecule has 2 nitrogen and oxygen atoms in total. The molecule has 0 N–H and O–H groups in total. The Kier molecular flexibility index (Phi) is 3.90. The Morgan fingerprint density at radius 1 is 1.24 bits per heavy atom. The van der Waals surface area contributed by atoms with Crippen LogP contribution in [0.25, 0.3) is 0 Å². The third-order valence-corrected chi connectivity index (χ3v) is 4.47. The van der Waals surface area contributed by atoms with E-state index in [4.69, 9.17) is 4.74 Å². The van der Waals surface area contributed by atoms with Crippen LogP contribution in [0, 0.1) is 17.8 Å². The molecule has 2 fully saturated rings. The SMILES string of the molecule is C=C(C)C(=O)OC(C)C1CC2CCCC(C2)C1. The summed E-state index contributed by atoms with van der Waals surface area (Å²) < 4.78 is 5.48. The van der Waals surface area contributed by atoms with Gasteiger partial charge in [0.2, 0.25) is 0 Å². The van der Waals surface area contributed by atoms with Crippen molar-refractivity contribution in [3.8, 4) is 0 Å². The highest BCUT2D eigenvalue weighted by atomic mass is 16.5.